The number of primary amides is 1. The predicted octanol–water partition coefficient (Wildman–Crippen LogP) is 4.13. The van der Waals surface area contributed by atoms with Gasteiger partial charge in [0.1, 0.15) is 5.01 Å². The van der Waals surface area contributed by atoms with Crippen molar-refractivity contribution in [1.29, 1.82) is 0 Å². The summed E-state index contributed by atoms with van der Waals surface area (Å²) in [6.45, 7) is 0. The number of nitrogens with zero attached hydrogens (tertiary/aromatic N) is 5. The molecule has 7 nitrogen and oxygen atoms in total. The van der Waals surface area contributed by atoms with Crippen LogP contribution in [-0.2, 0) is 4.79 Å². The Kier molecular flexibility index (Phi) is 4.46. The number of azo groups is 1. The van der Waals surface area contributed by atoms with Gasteiger partial charge in [0.25, 0.3) is 5.91 Å². The van der Waals surface area contributed by atoms with Crippen LogP contribution in [0.5, 0.6) is 0 Å². The van der Waals surface area contributed by atoms with Crippen molar-refractivity contribution < 1.29 is 4.79 Å². The smallest absolute Gasteiger partial charge is 0.251 e. The van der Waals surface area contributed by atoms with Gasteiger partial charge in [-0.25, -0.2) is 4.98 Å². The number of fused-ring (bicyclic) bond motifs is 1. The van der Waals surface area contributed by atoms with Crippen molar-refractivity contribution in [3.8, 4) is 11.4 Å². The molecule has 2 aromatic heterocycles. The molecule has 0 bridgehead atoms. The second-order valence-corrected chi connectivity index (χ2v) is 7.10. The van der Waals surface area contributed by atoms with Gasteiger partial charge >= 0.3 is 0 Å². The maximum absolute atomic E-state index is 11.8. The van der Waals surface area contributed by atoms with Crippen LogP contribution in [-0.4, -0.2) is 20.2 Å². The molecule has 0 saturated carbocycles. The minimum atomic E-state index is -0.948. The average Bonchev–Trinajstić information content (AvgIpc) is 3.29. The summed E-state index contributed by atoms with van der Waals surface area (Å²) >= 11 is 2.48. The van der Waals surface area contributed by atoms with E-state index in [0.29, 0.717) is 16.0 Å². The summed E-state index contributed by atoms with van der Waals surface area (Å²) in [7, 11) is 0. The first kappa shape index (κ1) is 16.4. The fourth-order valence-electron chi connectivity index (χ4n) is 2.30. The van der Waals surface area contributed by atoms with E-state index in [1.54, 1.807) is 0 Å². The third-order valence-electron chi connectivity index (χ3n) is 3.52. The van der Waals surface area contributed by atoms with Gasteiger partial charge in [0.15, 0.2) is 5.82 Å². The van der Waals surface area contributed by atoms with E-state index in [0.717, 1.165) is 27.3 Å². The number of amides is 1. The summed E-state index contributed by atoms with van der Waals surface area (Å²) < 4.78 is 5.23. The zero-order valence-corrected chi connectivity index (χ0v) is 14.9. The molecule has 0 aliphatic rings. The first-order chi connectivity index (χ1) is 12.7. The number of hydrogen-bond donors (Lipinski definition) is 1. The normalized spacial score (nSPS) is 12.6. The molecular weight excluding hydrogens is 368 g/mol. The number of aromatic nitrogens is 3. The topological polar surface area (TPSA) is 106 Å². The summed E-state index contributed by atoms with van der Waals surface area (Å²) in [4.78, 5) is 20.6. The first-order valence-electron chi connectivity index (χ1n) is 7.65. The fraction of sp³-hybridized carbons (Fsp3) is 0.0588. The maximum atomic E-state index is 11.8. The molecule has 2 heterocycles. The molecule has 1 amide bonds. The number of rotatable bonds is 5. The Morgan fingerprint density at radius 1 is 1.04 bits per heavy atom. The van der Waals surface area contributed by atoms with Crippen molar-refractivity contribution in [2.45, 2.75) is 6.04 Å². The van der Waals surface area contributed by atoms with Crippen LogP contribution >= 0.6 is 22.9 Å². The highest BCUT2D eigenvalue weighted by Gasteiger charge is 2.22. The third-order valence-corrected chi connectivity index (χ3v) is 5.21. The van der Waals surface area contributed by atoms with Gasteiger partial charge in [-0.3, -0.25) is 4.79 Å². The van der Waals surface area contributed by atoms with E-state index >= 15 is 0 Å². The molecule has 4 rings (SSSR count). The SMILES string of the molecule is NC(=O)C(N=Nc1nc(-c2ccccc2)ns1)c1nc2ccccc2s1. The van der Waals surface area contributed by atoms with E-state index < -0.39 is 11.9 Å². The van der Waals surface area contributed by atoms with Crippen LogP contribution in [0.15, 0.2) is 64.8 Å². The van der Waals surface area contributed by atoms with E-state index in [-0.39, 0.29) is 0 Å². The lowest BCUT2D eigenvalue weighted by molar-refractivity contribution is -0.119. The summed E-state index contributed by atoms with van der Waals surface area (Å²) in [6.07, 6.45) is 0. The monoisotopic (exact) mass is 380 g/mol. The predicted molar refractivity (Wildman–Crippen MR) is 101 cm³/mol. The average molecular weight is 380 g/mol. The lowest BCUT2D eigenvalue weighted by Gasteiger charge is -2.01. The molecule has 128 valence electrons. The van der Waals surface area contributed by atoms with Gasteiger partial charge in [0.05, 0.1) is 10.2 Å². The standard InChI is InChI=1S/C17H12N6OS2/c18-14(24)13(16-19-11-8-4-5-9-12(11)25-16)21-22-17-20-15(23-26-17)10-6-2-1-3-7-10/h1-9,13H,(H2,18,24). The van der Waals surface area contributed by atoms with Crippen molar-refractivity contribution in [3.63, 3.8) is 0 Å². The Morgan fingerprint density at radius 2 is 1.81 bits per heavy atom. The quantitative estimate of drug-likeness (QED) is 0.525. The van der Waals surface area contributed by atoms with Gasteiger partial charge in [-0.05, 0) is 12.1 Å². The number of para-hydroxylation sites is 1. The molecule has 1 atom stereocenters. The highest BCUT2D eigenvalue weighted by atomic mass is 32.1. The Morgan fingerprint density at radius 3 is 2.58 bits per heavy atom. The minimum absolute atomic E-state index is 0.358. The second-order valence-electron chi connectivity index (χ2n) is 5.31. The second kappa shape index (κ2) is 7.06. The number of thiazole rings is 1. The van der Waals surface area contributed by atoms with E-state index in [4.69, 9.17) is 5.73 Å². The molecule has 2 aromatic carbocycles. The third kappa shape index (κ3) is 3.35. The molecule has 0 saturated heterocycles. The molecule has 0 spiro atoms. The largest absolute Gasteiger partial charge is 0.367 e. The van der Waals surface area contributed by atoms with E-state index in [1.807, 2.05) is 54.6 Å². The number of carbonyl (C=O) groups excluding carboxylic acids is 1. The number of carbonyl (C=O) groups is 1. The minimum Gasteiger partial charge on any atom is -0.367 e. The van der Waals surface area contributed by atoms with Crippen LogP contribution in [0.25, 0.3) is 21.6 Å². The van der Waals surface area contributed by atoms with Crippen molar-refractivity contribution in [2.75, 3.05) is 0 Å². The van der Waals surface area contributed by atoms with Gasteiger partial charge < -0.3 is 5.73 Å². The molecule has 1 unspecified atom stereocenters. The van der Waals surface area contributed by atoms with Crippen LogP contribution in [0, 0.1) is 0 Å². The number of nitrogens with two attached hydrogens (primary N) is 1. The Hall–Kier alpha value is -3.04. The molecular formula is C17H12N6OS2. The highest BCUT2D eigenvalue weighted by Crippen LogP contribution is 2.30. The van der Waals surface area contributed by atoms with Gasteiger partial charge in [-0.2, -0.15) is 14.5 Å². The van der Waals surface area contributed by atoms with Gasteiger partial charge in [-0.15, -0.1) is 16.5 Å². The van der Waals surface area contributed by atoms with Crippen molar-refractivity contribution in [1.82, 2.24) is 14.3 Å². The summed E-state index contributed by atoms with van der Waals surface area (Å²) in [5, 5.41) is 9.00. The van der Waals surface area contributed by atoms with Crippen LogP contribution in [0.2, 0.25) is 0 Å². The van der Waals surface area contributed by atoms with Crippen molar-refractivity contribution in [3.05, 3.63) is 59.6 Å². The zero-order valence-electron chi connectivity index (χ0n) is 13.3. The van der Waals surface area contributed by atoms with Gasteiger partial charge in [0.2, 0.25) is 11.2 Å². The van der Waals surface area contributed by atoms with E-state index in [1.165, 1.54) is 11.3 Å². The summed E-state index contributed by atoms with van der Waals surface area (Å²) in [5.74, 6) is -0.0410. The fourth-order valence-corrected chi connectivity index (χ4v) is 3.84. The van der Waals surface area contributed by atoms with Crippen LogP contribution in [0.4, 0.5) is 5.13 Å². The molecule has 0 aliphatic carbocycles. The Bertz CT molecular complexity index is 1060. The maximum Gasteiger partial charge on any atom is 0.251 e. The molecule has 4 aromatic rings. The molecule has 26 heavy (non-hydrogen) atoms. The molecule has 2 N–H and O–H groups in total. The molecule has 0 aliphatic heterocycles. The molecule has 0 radical (unpaired) electrons. The summed E-state index contributed by atoms with van der Waals surface area (Å²) in [5.41, 5.74) is 7.19. The zero-order chi connectivity index (χ0) is 17.9. The first-order valence-corrected chi connectivity index (χ1v) is 9.24. The van der Waals surface area contributed by atoms with Crippen LogP contribution in [0.3, 0.4) is 0 Å². The van der Waals surface area contributed by atoms with Gasteiger partial charge in [-0.1, -0.05) is 42.5 Å². The highest BCUT2D eigenvalue weighted by molar-refractivity contribution is 7.18. The molecule has 9 heteroatoms. The lowest BCUT2D eigenvalue weighted by Crippen LogP contribution is -2.19. The number of hydrogen-bond acceptors (Lipinski definition) is 8. The van der Waals surface area contributed by atoms with Crippen molar-refractivity contribution in [2.24, 2.45) is 16.0 Å². The lowest BCUT2D eigenvalue weighted by atomic mass is 10.2. The van der Waals surface area contributed by atoms with Crippen LogP contribution < -0.4 is 5.73 Å². The number of benzene rings is 2. The molecule has 0 fully saturated rings. The summed E-state index contributed by atoms with van der Waals surface area (Å²) in [6, 6.07) is 16.2. The van der Waals surface area contributed by atoms with E-state index in [2.05, 4.69) is 24.6 Å². The van der Waals surface area contributed by atoms with Crippen molar-refractivity contribution >= 4 is 44.1 Å². The Balaban J connectivity index is 1.61. The van der Waals surface area contributed by atoms with Gasteiger partial charge in [0, 0.05) is 17.1 Å². The van der Waals surface area contributed by atoms with E-state index in [9.17, 15) is 4.79 Å². The Labute approximate surface area is 156 Å². The van der Waals surface area contributed by atoms with Crippen LogP contribution in [0.1, 0.15) is 11.0 Å².